The van der Waals surface area contributed by atoms with Gasteiger partial charge >= 0.3 is 6.18 Å². The minimum Gasteiger partial charge on any atom is -0.392 e. The van der Waals surface area contributed by atoms with Crippen LogP contribution < -0.4 is 0 Å². The molecule has 15 heavy (non-hydrogen) atoms. The fourth-order valence-electron chi connectivity index (χ4n) is 1.29. The van der Waals surface area contributed by atoms with Gasteiger partial charge in [0.05, 0.1) is 6.61 Å². The molecule has 1 unspecified atom stereocenters. The molecule has 0 radical (unpaired) electrons. The van der Waals surface area contributed by atoms with Gasteiger partial charge < -0.3 is 10.2 Å². The molecule has 0 fully saturated rings. The number of benzene rings is 1. The van der Waals surface area contributed by atoms with Crippen molar-refractivity contribution in [2.45, 2.75) is 25.3 Å². The second-order valence-corrected chi connectivity index (χ2v) is 3.39. The molecular formula is C10H11F3O2. The van der Waals surface area contributed by atoms with E-state index in [1.165, 1.54) is 18.2 Å². The van der Waals surface area contributed by atoms with E-state index in [1.807, 2.05) is 0 Å². The predicted octanol–water partition coefficient (Wildman–Crippen LogP) is 1.95. The lowest BCUT2D eigenvalue weighted by Crippen LogP contribution is -2.40. The molecule has 2 nitrogen and oxygen atoms in total. The van der Waals surface area contributed by atoms with Gasteiger partial charge in [-0.1, -0.05) is 24.3 Å². The Kier molecular flexibility index (Phi) is 3.06. The van der Waals surface area contributed by atoms with Crippen LogP contribution in [0.2, 0.25) is 0 Å². The Hall–Kier alpha value is -1.07. The Labute approximate surface area is 85.0 Å². The van der Waals surface area contributed by atoms with E-state index in [4.69, 9.17) is 5.11 Å². The minimum absolute atomic E-state index is 0.0693. The van der Waals surface area contributed by atoms with Crippen LogP contribution in [-0.4, -0.2) is 16.4 Å². The average molecular weight is 220 g/mol. The molecule has 84 valence electrons. The summed E-state index contributed by atoms with van der Waals surface area (Å²) in [6, 6.07) is 5.38. The fraction of sp³-hybridized carbons (Fsp3) is 0.400. The number of rotatable bonds is 2. The quantitative estimate of drug-likeness (QED) is 0.799. The van der Waals surface area contributed by atoms with Crippen molar-refractivity contribution in [1.82, 2.24) is 0 Å². The molecule has 1 atom stereocenters. The zero-order valence-corrected chi connectivity index (χ0v) is 8.04. The molecule has 1 aromatic carbocycles. The minimum atomic E-state index is -4.77. The van der Waals surface area contributed by atoms with Crippen LogP contribution in [0.5, 0.6) is 0 Å². The maximum atomic E-state index is 12.5. The molecule has 0 aliphatic carbocycles. The summed E-state index contributed by atoms with van der Waals surface area (Å²) in [5.41, 5.74) is -3.19. The van der Waals surface area contributed by atoms with Crippen LogP contribution in [-0.2, 0) is 12.2 Å². The van der Waals surface area contributed by atoms with Crippen molar-refractivity contribution in [2.75, 3.05) is 0 Å². The van der Waals surface area contributed by atoms with Crippen molar-refractivity contribution in [3.05, 3.63) is 35.4 Å². The van der Waals surface area contributed by atoms with Gasteiger partial charge in [0.1, 0.15) is 0 Å². The molecule has 2 N–H and O–H groups in total. The Morgan fingerprint density at radius 1 is 1.20 bits per heavy atom. The van der Waals surface area contributed by atoms with E-state index in [0.29, 0.717) is 6.92 Å². The van der Waals surface area contributed by atoms with Gasteiger partial charge in [-0.15, -0.1) is 0 Å². The second-order valence-electron chi connectivity index (χ2n) is 3.39. The molecule has 1 rings (SSSR count). The van der Waals surface area contributed by atoms with E-state index in [-0.39, 0.29) is 11.1 Å². The standard InChI is InChI=1S/C10H11F3O2/c1-9(15,10(11,12)13)8-5-3-2-4-7(8)6-14/h2-5,14-15H,6H2,1H3. The maximum absolute atomic E-state index is 12.5. The summed E-state index contributed by atoms with van der Waals surface area (Å²) in [4.78, 5) is 0. The summed E-state index contributed by atoms with van der Waals surface area (Å²) in [6.07, 6.45) is -4.77. The number of hydrogen-bond acceptors (Lipinski definition) is 2. The molecule has 0 aromatic heterocycles. The molecule has 0 spiro atoms. The number of halogens is 3. The topological polar surface area (TPSA) is 40.5 Å². The van der Waals surface area contributed by atoms with Gasteiger partial charge in [-0.3, -0.25) is 0 Å². The number of alkyl halides is 3. The SMILES string of the molecule is CC(O)(c1ccccc1CO)C(F)(F)F. The zero-order chi connectivity index (χ0) is 11.7. The number of aliphatic hydroxyl groups is 2. The van der Waals surface area contributed by atoms with Crippen molar-refractivity contribution in [2.24, 2.45) is 0 Å². The first kappa shape index (κ1) is 12.0. The maximum Gasteiger partial charge on any atom is 0.421 e. The van der Waals surface area contributed by atoms with Gasteiger partial charge in [0, 0.05) is 0 Å². The van der Waals surface area contributed by atoms with Gasteiger partial charge in [-0.05, 0) is 18.1 Å². The highest BCUT2D eigenvalue weighted by Gasteiger charge is 2.51. The van der Waals surface area contributed by atoms with Crippen LogP contribution >= 0.6 is 0 Å². The van der Waals surface area contributed by atoms with E-state index in [9.17, 15) is 18.3 Å². The van der Waals surface area contributed by atoms with E-state index in [0.717, 1.165) is 6.07 Å². The van der Waals surface area contributed by atoms with E-state index < -0.39 is 18.4 Å². The third kappa shape index (κ3) is 2.13. The van der Waals surface area contributed by atoms with Gasteiger partial charge in [-0.2, -0.15) is 13.2 Å². The van der Waals surface area contributed by atoms with Gasteiger partial charge in [-0.25, -0.2) is 0 Å². The van der Waals surface area contributed by atoms with Crippen molar-refractivity contribution in [1.29, 1.82) is 0 Å². The lowest BCUT2D eigenvalue weighted by Gasteiger charge is -2.28. The second kappa shape index (κ2) is 3.83. The van der Waals surface area contributed by atoms with Crippen LogP contribution in [0.4, 0.5) is 13.2 Å². The zero-order valence-electron chi connectivity index (χ0n) is 8.04. The highest BCUT2D eigenvalue weighted by molar-refractivity contribution is 5.32. The van der Waals surface area contributed by atoms with Crippen LogP contribution in [0, 0.1) is 0 Å². The van der Waals surface area contributed by atoms with Gasteiger partial charge in [0.25, 0.3) is 0 Å². The highest BCUT2D eigenvalue weighted by Crippen LogP contribution is 2.39. The Bertz CT molecular complexity index is 345. The summed E-state index contributed by atoms with van der Waals surface area (Å²) in [5.74, 6) is 0. The Balaban J connectivity index is 3.26. The summed E-state index contributed by atoms with van der Waals surface area (Å²) < 4.78 is 37.5. The molecule has 0 amide bonds. The Morgan fingerprint density at radius 3 is 2.20 bits per heavy atom. The molecule has 0 bridgehead atoms. The van der Waals surface area contributed by atoms with Gasteiger partial charge in [0.2, 0.25) is 0 Å². The fourth-order valence-corrected chi connectivity index (χ4v) is 1.29. The van der Waals surface area contributed by atoms with Crippen LogP contribution in [0.25, 0.3) is 0 Å². The lowest BCUT2D eigenvalue weighted by atomic mass is 9.91. The summed E-state index contributed by atoms with van der Waals surface area (Å²) >= 11 is 0. The van der Waals surface area contributed by atoms with Crippen LogP contribution in [0.15, 0.2) is 24.3 Å². The molecule has 5 heteroatoms. The third-order valence-corrected chi connectivity index (χ3v) is 2.26. The molecule has 0 saturated carbocycles. The van der Waals surface area contributed by atoms with Crippen LogP contribution in [0.3, 0.4) is 0 Å². The third-order valence-electron chi connectivity index (χ3n) is 2.26. The van der Waals surface area contributed by atoms with Crippen molar-refractivity contribution < 1.29 is 23.4 Å². The first-order valence-electron chi connectivity index (χ1n) is 4.29. The normalized spacial score (nSPS) is 16.1. The average Bonchev–Trinajstić information content (AvgIpc) is 2.16. The summed E-state index contributed by atoms with van der Waals surface area (Å²) in [7, 11) is 0. The van der Waals surface area contributed by atoms with Gasteiger partial charge in [0.15, 0.2) is 5.60 Å². The Morgan fingerprint density at radius 2 is 1.73 bits per heavy atom. The largest absolute Gasteiger partial charge is 0.421 e. The number of aliphatic hydroxyl groups excluding tert-OH is 1. The predicted molar refractivity (Wildman–Crippen MR) is 48.0 cm³/mol. The van der Waals surface area contributed by atoms with Crippen molar-refractivity contribution >= 4 is 0 Å². The van der Waals surface area contributed by atoms with E-state index in [1.54, 1.807) is 0 Å². The lowest BCUT2D eigenvalue weighted by molar-refractivity contribution is -0.259. The summed E-state index contributed by atoms with van der Waals surface area (Å²) in [6.45, 7) is 0.129. The molecule has 0 saturated heterocycles. The van der Waals surface area contributed by atoms with Crippen molar-refractivity contribution in [3.8, 4) is 0 Å². The molecule has 1 aromatic rings. The first-order chi connectivity index (χ1) is 6.80. The van der Waals surface area contributed by atoms with Crippen molar-refractivity contribution in [3.63, 3.8) is 0 Å². The van der Waals surface area contributed by atoms with E-state index in [2.05, 4.69) is 0 Å². The molecule has 0 heterocycles. The van der Waals surface area contributed by atoms with E-state index >= 15 is 0 Å². The van der Waals surface area contributed by atoms with Crippen LogP contribution in [0.1, 0.15) is 18.1 Å². The summed E-state index contributed by atoms with van der Waals surface area (Å²) in [5, 5.41) is 18.3. The first-order valence-corrected chi connectivity index (χ1v) is 4.29. The molecular weight excluding hydrogens is 209 g/mol. The molecule has 0 aliphatic rings. The monoisotopic (exact) mass is 220 g/mol. The molecule has 0 aliphatic heterocycles. The highest BCUT2D eigenvalue weighted by atomic mass is 19.4. The number of hydrogen-bond donors (Lipinski definition) is 2. The smallest absolute Gasteiger partial charge is 0.392 e.